The molecule has 7 nitrogen and oxygen atoms in total. The van der Waals surface area contributed by atoms with Crippen LogP contribution in [0.5, 0.6) is 0 Å². The third kappa shape index (κ3) is 9.02. The highest BCUT2D eigenvalue weighted by molar-refractivity contribution is 9.10. The average molecular weight is 615 g/mol. The lowest BCUT2D eigenvalue weighted by molar-refractivity contribution is -0.141. The van der Waals surface area contributed by atoms with Crippen molar-refractivity contribution in [2.45, 2.75) is 50.1 Å². The summed E-state index contributed by atoms with van der Waals surface area (Å²) in [5.41, 5.74) is 1.85. The van der Waals surface area contributed by atoms with Gasteiger partial charge in [0.1, 0.15) is 6.04 Å². The van der Waals surface area contributed by atoms with Crippen molar-refractivity contribution in [1.29, 1.82) is 0 Å². The maximum Gasteiger partial charge on any atom is 0.243 e. The molecule has 0 aliphatic carbocycles. The van der Waals surface area contributed by atoms with E-state index in [-0.39, 0.29) is 36.2 Å². The molecule has 3 rings (SSSR count). The van der Waals surface area contributed by atoms with E-state index >= 15 is 0 Å². The number of hydrogen-bond acceptors (Lipinski definition) is 4. The summed E-state index contributed by atoms with van der Waals surface area (Å²) in [6.07, 6.45) is 1.60. The second-order valence-electron chi connectivity index (χ2n) is 9.39. The largest absolute Gasteiger partial charge is 0.354 e. The van der Waals surface area contributed by atoms with Gasteiger partial charge < -0.3 is 10.2 Å². The van der Waals surface area contributed by atoms with E-state index in [9.17, 15) is 18.0 Å². The van der Waals surface area contributed by atoms with E-state index in [0.717, 1.165) is 22.0 Å². The molecule has 0 saturated heterocycles. The molecule has 0 aromatic heterocycles. The lowest BCUT2D eigenvalue weighted by atomic mass is 10.0. The first-order valence-electron chi connectivity index (χ1n) is 13.1. The molecular weight excluding hydrogens is 578 g/mol. The summed E-state index contributed by atoms with van der Waals surface area (Å²) in [6, 6.07) is 24.8. The van der Waals surface area contributed by atoms with Crippen molar-refractivity contribution in [3.8, 4) is 0 Å². The van der Waals surface area contributed by atoms with Crippen LogP contribution in [0.4, 0.5) is 0 Å². The maximum absolute atomic E-state index is 13.7. The summed E-state index contributed by atoms with van der Waals surface area (Å²) in [7, 11) is -2.13. The lowest BCUT2D eigenvalue weighted by Gasteiger charge is -2.32. The zero-order chi connectivity index (χ0) is 28.3. The number of benzene rings is 3. The van der Waals surface area contributed by atoms with Crippen LogP contribution in [0.25, 0.3) is 0 Å². The van der Waals surface area contributed by atoms with Crippen molar-refractivity contribution >= 4 is 37.8 Å². The van der Waals surface area contributed by atoms with Gasteiger partial charge in [-0.3, -0.25) is 9.59 Å². The minimum Gasteiger partial charge on any atom is -0.354 e. The number of hydrogen-bond donors (Lipinski definition) is 1. The van der Waals surface area contributed by atoms with Gasteiger partial charge in [-0.1, -0.05) is 83.5 Å². The third-order valence-corrected chi connectivity index (χ3v) is 8.80. The monoisotopic (exact) mass is 613 g/mol. The Labute approximate surface area is 240 Å². The van der Waals surface area contributed by atoms with Crippen LogP contribution in [0.2, 0.25) is 0 Å². The highest BCUT2D eigenvalue weighted by atomic mass is 79.9. The number of rotatable bonds is 14. The summed E-state index contributed by atoms with van der Waals surface area (Å²) in [5.74, 6) is -0.397. The molecule has 3 aromatic rings. The van der Waals surface area contributed by atoms with Crippen LogP contribution >= 0.6 is 15.9 Å². The fourth-order valence-corrected chi connectivity index (χ4v) is 5.69. The molecular formula is C30H36BrN3O4S. The molecule has 2 amide bonds. The van der Waals surface area contributed by atoms with Crippen LogP contribution in [0.3, 0.4) is 0 Å². The number of carbonyl (C=O) groups excluding carboxylic acids is 2. The zero-order valence-corrected chi connectivity index (χ0v) is 24.8. The Morgan fingerprint density at radius 2 is 1.51 bits per heavy atom. The highest BCUT2D eigenvalue weighted by Gasteiger charge is 2.30. The number of amides is 2. The van der Waals surface area contributed by atoms with Gasteiger partial charge in [-0.05, 0) is 48.2 Å². The molecule has 0 aliphatic rings. The second kappa shape index (κ2) is 15.0. The molecule has 9 heteroatoms. The molecule has 0 heterocycles. The van der Waals surface area contributed by atoms with E-state index in [1.165, 1.54) is 11.4 Å². The summed E-state index contributed by atoms with van der Waals surface area (Å²) in [5, 5.41) is 2.97. The van der Waals surface area contributed by atoms with Crippen LogP contribution in [0.15, 0.2) is 94.3 Å². The van der Waals surface area contributed by atoms with Gasteiger partial charge in [-0.15, -0.1) is 0 Å². The van der Waals surface area contributed by atoms with E-state index in [4.69, 9.17) is 0 Å². The Morgan fingerprint density at radius 1 is 0.897 bits per heavy atom. The summed E-state index contributed by atoms with van der Waals surface area (Å²) in [4.78, 5) is 28.9. The van der Waals surface area contributed by atoms with Gasteiger partial charge in [0, 0.05) is 44.0 Å². The minimum atomic E-state index is -3.65. The molecule has 0 bridgehead atoms. The second-order valence-corrected chi connectivity index (χ2v) is 12.3. The standard InChI is InChI=1S/C30H36BrN3O4S/c1-3-20-32-30(36)28(22-24-11-6-4-7-12-24)34(23-25-16-18-26(31)19-17-25)29(35)15-10-21-33(2)39(37,38)27-13-8-5-9-14-27/h4-9,11-14,16-19,28H,3,10,15,20-23H2,1-2H3,(H,32,36). The van der Waals surface area contributed by atoms with Gasteiger partial charge in [0.25, 0.3) is 0 Å². The van der Waals surface area contributed by atoms with E-state index < -0.39 is 16.1 Å². The molecule has 0 fully saturated rings. The Morgan fingerprint density at radius 3 is 2.13 bits per heavy atom. The van der Waals surface area contributed by atoms with Gasteiger partial charge in [0.05, 0.1) is 4.90 Å². The molecule has 0 aliphatic heterocycles. The highest BCUT2D eigenvalue weighted by Crippen LogP contribution is 2.19. The summed E-state index contributed by atoms with van der Waals surface area (Å²) >= 11 is 3.45. The van der Waals surface area contributed by atoms with Gasteiger partial charge >= 0.3 is 0 Å². The first kappa shape index (κ1) is 30.5. The van der Waals surface area contributed by atoms with Crippen molar-refractivity contribution < 1.29 is 18.0 Å². The van der Waals surface area contributed by atoms with Crippen LogP contribution in [-0.2, 0) is 32.6 Å². The number of carbonyl (C=O) groups is 2. The number of nitrogens with one attached hydrogen (secondary N) is 1. The Bertz CT molecular complexity index is 1300. The van der Waals surface area contributed by atoms with E-state index in [1.807, 2.05) is 61.5 Å². The SMILES string of the molecule is CCCNC(=O)C(Cc1ccccc1)N(Cc1ccc(Br)cc1)C(=O)CCCN(C)S(=O)(=O)c1ccccc1. The first-order valence-corrected chi connectivity index (χ1v) is 15.3. The molecule has 39 heavy (non-hydrogen) atoms. The van der Waals surface area contributed by atoms with Crippen LogP contribution < -0.4 is 5.32 Å². The third-order valence-electron chi connectivity index (χ3n) is 6.40. The first-order chi connectivity index (χ1) is 18.7. The molecule has 3 aromatic carbocycles. The molecule has 1 unspecified atom stereocenters. The smallest absolute Gasteiger partial charge is 0.243 e. The van der Waals surface area contributed by atoms with Gasteiger partial charge in [-0.25, -0.2) is 12.7 Å². The predicted molar refractivity (Wildman–Crippen MR) is 157 cm³/mol. The summed E-state index contributed by atoms with van der Waals surface area (Å²) in [6.45, 7) is 2.95. The molecule has 1 atom stereocenters. The Kier molecular flexibility index (Phi) is 11.7. The Balaban J connectivity index is 1.80. The van der Waals surface area contributed by atoms with Gasteiger partial charge in [0.15, 0.2) is 0 Å². The van der Waals surface area contributed by atoms with Gasteiger partial charge in [0.2, 0.25) is 21.8 Å². The number of sulfonamides is 1. The van der Waals surface area contributed by atoms with E-state index in [1.54, 1.807) is 35.2 Å². The Hall–Kier alpha value is -3.01. The van der Waals surface area contributed by atoms with Crippen molar-refractivity contribution in [1.82, 2.24) is 14.5 Å². The van der Waals surface area contributed by atoms with Gasteiger partial charge in [-0.2, -0.15) is 0 Å². The topological polar surface area (TPSA) is 86.8 Å². The normalized spacial score (nSPS) is 12.2. The fraction of sp³-hybridized carbons (Fsp3) is 0.333. The number of halogens is 1. The zero-order valence-electron chi connectivity index (χ0n) is 22.4. The predicted octanol–water partition coefficient (Wildman–Crippen LogP) is 5.02. The minimum absolute atomic E-state index is 0.109. The average Bonchev–Trinajstić information content (AvgIpc) is 2.95. The van der Waals surface area contributed by atoms with Crippen LogP contribution in [0.1, 0.15) is 37.3 Å². The van der Waals surface area contributed by atoms with Crippen molar-refractivity contribution in [3.63, 3.8) is 0 Å². The summed E-state index contributed by atoms with van der Waals surface area (Å²) < 4.78 is 28.0. The number of nitrogens with zero attached hydrogens (tertiary/aromatic N) is 2. The lowest BCUT2D eigenvalue weighted by Crippen LogP contribution is -2.50. The maximum atomic E-state index is 13.7. The van der Waals surface area contributed by atoms with Crippen molar-refractivity contribution in [2.24, 2.45) is 0 Å². The van der Waals surface area contributed by atoms with E-state index in [2.05, 4.69) is 21.2 Å². The van der Waals surface area contributed by atoms with Crippen molar-refractivity contribution in [2.75, 3.05) is 20.1 Å². The molecule has 0 saturated carbocycles. The molecule has 0 radical (unpaired) electrons. The van der Waals surface area contributed by atoms with E-state index in [0.29, 0.717) is 19.4 Å². The van der Waals surface area contributed by atoms with Crippen molar-refractivity contribution in [3.05, 3.63) is 101 Å². The van der Waals surface area contributed by atoms with Crippen LogP contribution in [-0.4, -0.2) is 55.6 Å². The quantitative estimate of drug-likeness (QED) is 0.277. The molecule has 208 valence electrons. The molecule has 0 spiro atoms. The fourth-order valence-electron chi connectivity index (χ4n) is 4.20. The molecule has 1 N–H and O–H groups in total. The van der Waals surface area contributed by atoms with Crippen LogP contribution in [0, 0.1) is 0 Å².